The van der Waals surface area contributed by atoms with Crippen LogP contribution in [0.1, 0.15) is 37.7 Å². The van der Waals surface area contributed by atoms with E-state index in [0.29, 0.717) is 19.4 Å². The van der Waals surface area contributed by atoms with Gasteiger partial charge in [0.05, 0.1) is 6.04 Å². The van der Waals surface area contributed by atoms with E-state index >= 15 is 0 Å². The summed E-state index contributed by atoms with van der Waals surface area (Å²) in [4.78, 5) is 63.7. The van der Waals surface area contributed by atoms with Crippen molar-refractivity contribution < 1.29 is 29.1 Å². The number of para-hydroxylation sites is 1. The number of carbonyl (C=O) groups is 5. The molecule has 2 aromatic rings. The molecule has 13 nitrogen and oxygen atoms in total. The van der Waals surface area contributed by atoms with Crippen molar-refractivity contribution in [1.29, 1.82) is 0 Å². The summed E-state index contributed by atoms with van der Waals surface area (Å²) < 4.78 is 0. The summed E-state index contributed by atoms with van der Waals surface area (Å²) in [5, 5.41) is 17.3. The average Bonchev–Trinajstić information content (AvgIpc) is 3.27. The summed E-state index contributed by atoms with van der Waals surface area (Å²) in [7, 11) is 0. The van der Waals surface area contributed by atoms with E-state index in [1.165, 1.54) is 0 Å². The minimum Gasteiger partial charge on any atom is -0.480 e. The average molecular weight is 518 g/mol. The highest BCUT2D eigenvalue weighted by atomic mass is 16.4. The number of amides is 4. The van der Waals surface area contributed by atoms with Crippen LogP contribution in [0.2, 0.25) is 0 Å². The molecule has 3 unspecified atom stereocenters. The molecule has 0 aliphatic rings. The van der Waals surface area contributed by atoms with Crippen LogP contribution in [0, 0.1) is 0 Å². The minimum absolute atomic E-state index is 0.0130. The van der Waals surface area contributed by atoms with Gasteiger partial charge in [0.1, 0.15) is 18.6 Å². The highest BCUT2D eigenvalue weighted by Crippen LogP contribution is 2.19. The highest BCUT2D eigenvalue weighted by molar-refractivity contribution is 5.94. The number of nitrogens with two attached hydrogens (primary N) is 3. The number of nitrogens with one attached hydrogen (secondary N) is 4. The van der Waals surface area contributed by atoms with E-state index < -0.39 is 54.3 Å². The number of hydrogen-bond acceptors (Lipinski definition) is 7. The number of fused-ring (bicyclic) bond motifs is 1. The number of primary amides is 1. The molecule has 13 heteroatoms. The zero-order chi connectivity index (χ0) is 27.4. The second kappa shape index (κ2) is 14.6. The number of rotatable bonds is 16. The molecule has 2 rings (SSSR count). The van der Waals surface area contributed by atoms with E-state index in [-0.39, 0.29) is 25.7 Å². The van der Waals surface area contributed by atoms with Crippen molar-refractivity contribution >= 4 is 40.5 Å². The van der Waals surface area contributed by atoms with Crippen LogP contribution in [-0.2, 0) is 30.4 Å². The van der Waals surface area contributed by atoms with Gasteiger partial charge in [-0.25, -0.2) is 0 Å². The van der Waals surface area contributed by atoms with E-state index in [4.69, 9.17) is 22.3 Å². The Morgan fingerprint density at radius 2 is 1.65 bits per heavy atom. The third-order valence-electron chi connectivity index (χ3n) is 5.76. The van der Waals surface area contributed by atoms with Crippen LogP contribution in [0.5, 0.6) is 0 Å². The van der Waals surface area contributed by atoms with Gasteiger partial charge >= 0.3 is 5.97 Å². The smallest absolute Gasteiger partial charge is 0.322 e. The number of aromatic nitrogens is 1. The van der Waals surface area contributed by atoms with Gasteiger partial charge in [-0.15, -0.1) is 0 Å². The summed E-state index contributed by atoms with van der Waals surface area (Å²) in [6.45, 7) is -0.230. The maximum absolute atomic E-state index is 13.2. The number of carboxylic acids is 1. The lowest BCUT2D eigenvalue weighted by Gasteiger charge is -2.24. The molecule has 0 radical (unpaired) electrons. The second-order valence-electron chi connectivity index (χ2n) is 8.69. The molecule has 0 saturated carbocycles. The number of carboxylic acid groups (broad SMARTS) is 1. The Balaban J connectivity index is 2.20. The number of aromatic amines is 1. The Morgan fingerprint density at radius 3 is 2.32 bits per heavy atom. The van der Waals surface area contributed by atoms with Gasteiger partial charge in [-0.2, -0.15) is 0 Å². The van der Waals surface area contributed by atoms with Gasteiger partial charge in [-0.05, 0) is 43.9 Å². The van der Waals surface area contributed by atoms with Crippen molar-refractivity contribution in [3.8, 4) is 0 Å². The maximum Gasteiger partial charge on any atom is 0.322 e. The topological polar surface area (TPSA) is 236 Å². The van der Waals surface area contributed by atoms with Crippen LogP contribution in [0.25, 0.3) is 10.9 Å². The number of hydrogen-bond donors (Lipinski definition) is 8. The lowest BCUT2D eigenvalue weighted by atomic mass is 10.0. The number of benzene rings is 1. The van der Waals surface area contributed by atoms with Crippen LogP contribution in [0.15, 0.2) is 30.5 Å². The van der Waals surface area contributed by atoms with Crippen molar-refractivity contribution in [3.05, 3.63) is 36.0 Å². The Hall–Kier alpha value is -3.97. The lowest BCUT2D eigenvalue weighted by Crippen LogP contribution is -2.56. The summed E-state index contributed by atoms with van der Waals surface area (Å²) in [5.41, 5.74) is 18.1. The van der Waals surface area contributed by atoms with Gasteiger partial charge < -0.3 is 43.2 Å². The Bertz CT molecular complexity index is 1100. The van der Waals surface area contributed by atoms with Gasteiger partial charge in [-0.1, -0.05) is 18.2 Å². The molecule has 0 aliphatic heterocycles. The predicted molar refractivity (Wildman–Crippen MR) is 136 cm³/mol. The number of carbonyl (C=O) groups excluding carboxylic acids is 4. The molecular formula is C24H35N7O6. The van der Waals surface area contributed by atoms with Gasteiger partial charge in [0.25, 0.3) is 0 Å². The number of aliphatic carboxylic acids is 1. The van der Waals surface area contributed by atoms with Crippen LogP contribution < -0.4 is 33.2 Å². The fourth-order valence-corrected chi connectivity index (χ4v) is 3.76. The molecule has 0 bridgehead atoms. The van der Waals surface area contributed by atoms with E-state index in [2.05, 4.69) is 20.9 Å². The minimum atomic E-state index is -1.23. The summed E-state index contributed by atoms with van der Waals surface area (Å²) >= 11 is 0. The molecule has 202 valence electrons. The van der Waals surface area contributed by atoms with Gasteiger partial charge in [0.15, 0.2) is 0 Å². The first kappa shape index (κ1) is 29.3. The molecule has 0 saturated heterocycles. The Labute approximate surface area is 213 Å². The first-order chi connectivity index (χ1) is 17.6. The largest absolute Gasteiger partial charge is 0.480 e. The van der Waals surface area contributed by atoms with Crippen molar-refractivity contribution in [2.75, 3.05) is 13.1 Å². The molecule has 4 amide bonds. The SMILES string of the molecule is NCCCCC(NC(=O)C(N)CCC(N)=O)C(=O)NC(Cc1c[nH]c2ccccc12)C(=O)NCC(=O)O. The van der Waals surface area contributed by atoms with E-state index in [9.17, 15) is 24.0 Å². The van der Waals surface area contributed by atoms with Gasteiger partial charge in [0, 0.05) is 29.9 Å². The molecule has 0 aliphatic carbocycles. The molecule has 3 atom stereocenters. The van der Waals surface area contributed by atoms with Crippen LogP contribution in [-0.4, -0.2) is 70.9 Å². The standard InChI is InChI=1S/C24H35N7O6/c25-10-4-3-7-18(30-22(35)16(26)8-9-20(27)32)24(37)31-19(23(36)29-13-21(33)34)11-14-12-28-17-6-2-1-5-15(14)17/h1-2,5-6,12,16,18-19,28H,3-4,7-11,13,25-26H2,(H2,27,32)(H,29,36)(H,30,35)(H,31,37)(H,33,34). The monoisotopic (exact) mass is 517 g/mol. The predicted octanol–water partition coefficient (Wildman–Crippen LogP) is -1.40. The highest BCUT2D eigenvalue weighted by Gasteiger charge is 2.29. The quantitative estimate of drug-likeness (QED) is 0.123. The molecule has 11 N–H and O–H groups in total. The van der Waals surface area contributed by atoms with E-state index in [1.807, 2.05) is 24.3 Å². The number of unbranched alkanes of at least 4 members (excludes halogenated alkanes) is 1. The molecule has 1 heterocycles. The normalized spacial score (nSPS) is 13.4. The van der Waals surface area contributed by atoms with Crippen molar-refractivity contribution in [2.24, 2.45) is 17.2 Å². The summed E-state index contributed by atoms with van der Waals surface area (Å²) in [6, 6.07) is 4.20. The third kappa shape index (κ3) is 9.54. The van der Waals surface area contributed by atoms with E-state index in [1.54, 1.807) is 6.20 Å². The summed E-state index contributed by atoms with van der Waals surface area (Å²) in [6.07, 6.45) is 3.06. The van der Waals surface area contributed by atoms with Gasteiger partial charge in [0.2, 0.25) is 23.6 Å². The molecule has 1 aromatic carbocycles. The maximum atomic E-state index is 13.2. The van der Waals surface area contributed by atoms with Crippen LogP contribution >= 0.6 is 0 Å². The molecule has 0 fully saturated rings. The van der Waals surface area contributed by atoms with Gasteiger partial charge in [-0.3, -0.25) is 24.0 Å². The summed E-state index contributed by atoms with van der Waals surface area (Å²) in [5.74, 6) is -3.80. The number of H-pyrrole nitrogens is 1. The second-order valence-corrected chi connectivity index (χ2v) is 8.69. The zero-order valence-corrected chi connectivity index (χ0v) is 20.5. The van der Waals surface area contributed by atoms with E-state index in [0.717, 1.165) is 16.5 Å². The van der Waals surface area contributed by atoms with Crippen molar-refractivity contribution in [2.45, 2.75) is 56.7 Å². The third-order valence-corrected chi connectivity index (χ3v) is 5.76. The van der Waals surface area contributed by atoms with Crippen LogP contribution in [0.4, 0.5) is 0 Å². The van der Waals surface area contributed by atoms with Crippen LogP contribution in [0.3, 0.4) is 0 Å². The fraction of sp³-hybridized carbons (Fsp3) is 0.458. The Morgan fingerprint density at radius 1 is 0.946 bits per heavy atom. The lowest BCUT2D eigenvalue weighted by molar-refractivity contribution is -0.138. The molecular weight excluding hydrogens is 482 g/mol. The van der Waals surface area contributed by atoms with Crippen molar-refractivity contribution in [3.63, 3.8) is 0 Å². The molecule has 37 heavy (non-hydrogen) atoms. The Kier molecular flexibility index (Phi) is 11.5. The molecule has 1 aromatic heterocycles. The first-order valence-electron chi connectivity index (χ1n) is 12.0. The molecule has 0 spiro atoms. The first-order valence-corrected chi connectivity index (χ1v) is 12.0. The zero-order valence-electron chi connectivity index (χ0n) is 20.5. The van der Waals surface area contributed by atoms with Crippen molar-refractivity contribution in [1.82, 2.24) is 20.9 Å². The fourth-order valence-electron chi connectivity index (χ4n) is 3.76.